The van der Waals surface area contributed by atoms with Crippen molar-refractivity contribution < 1.29 is 0 Å². The molecule has 2 heteroatoms. The first-order chi connectivity index (χ1) is 8.26. The van der Waals surface area contributed by atoms with E-state index in [0.717, 1.165) is 6.54 Å². The van der Waals surface area contributed by atoms with Crippen molar-refractivity contribution in [3.63, 3.8) is 0 Å². The van der Waals surface area contributed by atoms with Crippen molar-refractivity contribution in [2.24, 2.45) is 5.73 Å². The van der Waals surface area contributed by atoms with Crippen molar-refractivity contribution in [3.05, 3.63) is 29.8 Å². The van der Waals surface area contributed by atoms with Crippen LogP contribution in [0, 0.1) is 6.92 Å². The molecule has 0 atom stereocenters. The van der Waals surface area contributed by atoms with Crippen LogP contribution in [0.15, 0.2) is 29.2 Å². The van der Waals surface area contributed by atoms with E-state index in [1.54, 1.807) is 0 Å². The zero-order chi connectivity index (χ0) is 12.1. The molecule has 0 radical (unpaired) electrons. The second-order valence-electron chi connectivity index (χ2n) is 5.17. The minimum atomic E-state index is 0.294. The summed E-state index contributed by atoms with van der Waals surface area (Å²) in [6.45, 7) is 3.01. The third-order valence-corrected chi connectivity index (χ3v) is 5.49. The standard InChI is InChI=1S/C15H23NS/c1-13-8-4-5-9-14(13)17-15(12-16)10-6-2-3-7-11-15/h4-5,8-9H,2-3,6-7,10-12,16H2,1H3. The lowest BCUT2D eigenvalue weighted by atomic mass is 9.99. The lowest BCUT2D eigenvalue weighted by molar-refractivity contribution is 0.521. The van der Waals surface area contributed by atoms with Crippen LogP contribution in [0.25, 0.3) is 0 Å². The quantitative estimate of drug-likeness (QED) is 0.815. The molecule has 2 N–H and O–H groups in total. The van der Waals surface area contributed by atoms with E-state index in [9.17, 15) is 0 Å². The number of hydrogen-bond acceptors (Lipinski definition) is 2. The Kier molecular flexibility index (Phi) is 4.52. The molecule has 0 spiro atoms. The van der Waals surface area contributed by atoms with E-state index < -0.39 is 0 Å². The molecule has 0 unspecified atom stereocenters. The van der Waals surface area contributed by atoms with Crippen LogP contribution < -0.4 is 5.73 Å². The first-order valence-electron chi connectivity index (χ1n) is 6.70. The van der Waals surface area contributed by atoms with Gasteiger partial charge in [-0.1, -0.05) is 43.9 Å². The molecule has 94 valence electrons. The van der Waals surface area contributed by atoms with Gasteiger partial charge in [-0.2, -0.15) is 0 Å². The predicted octanol–water partition coefficient (Wildman–Crippen LogP) is 4.14. The minimum absolute atomic E-state index is 0.294. The molecule has 1 fully saturated rings. The van der Waals surface area contributed by atoms with E-state index in [0.29, 0.717) is 4.75 Å². The van der Waals surface area contributed by atoms with Gasteiger partial charge in [0.05, 0.1) is 0 Å². The summed E-state index contributed by atoms with van der Waals surface area (Å²) in [5, 5.41) is 0. The van der Waals surface area contributed by atoms with Gasteiger partial charge in [-0.05, 0) is 31.4 Å². The van der Waals surface area contributed by atoms with Gasteiger partial charge in [0, 0.05) is 16.2 Å². The fraction of sp³-hybridized carbons (Fsp3) is 0.600. The summed E-state index contributed by atoms with van der Waals surface area (Å²) in [7, 11) is 0. The third kappa shape index (κ3) is 3.26. The highest BCUT2D eigenvalue weighted by Gasteiger charge is 2.30. The zero-order valence-corrected chi connectivity index (χ0v) is 11.6. The summed E-state index contributed by atoms with van der Waals surface area (Å²) in [4.78, 5) is 1.42. The van der Waals surface area contributed by atoms with E-state index in [-0.39, 0.29) is 0 Å². The smallest absolute Gasteiger partial charge is 0.0329 e. The fourth-order valence-corrected chi connectivity index (χ4v) is 4.04. The lowest BCUT2D eigenvalue weighted by Gasteiger charge is -2.31. The highest BCUT2D eigenvalue weighted by molar-refractivity contribution is 8.00. The molecule has 17 heavy (non-hydrogen) atoms. The summed E-state index contributed by atoms with van der Waals surface area (Å²) >= 11 is 2.03. The Bertz CT molecular complexity index is 354. The maximum absolute atomic E-state index is 6.08. The van der Waals surface area contributed by atoms with Gasteiger partial charge < -0.3 is 5.73 Å². The number of aryl methyl sites for hydroxylation is 1. The molecule has 0 aliphatic heterocycles. The number of thioether (sulfide) groups is 1. The summed E-state index contributed by atoms with van der Waals surface area (Å²) in [5.41, 5.74) is 7.47. The van der Waals surface area contributed by atoms with Crippen LogP contribution in [0.2, 0.25) is 0 Å². The normalized spacial score (nSPS) is 19.9. The average molecular weight is 249 g/mol. The van der Waals surface area contributed by atoms with Crippen LogP contribution in [0.1, 0.15) is 44.1 Å². The highest BCUT2D eigenvalue weighted by atomic mass is 32.2. The zero-order valence-electron chi connectivity index (χ0n) is 10.7. The number of nitrogens with two attached hydrogens (primary N) is 1. The number of hydrogen-bond donors (Lipinski definition) is 1. The fourth-order valence-electron chi connectivity index (χ4n) is 2.62. The Morgan fingerprint density at radius 1 is 1.12 bits per heavy atom. The Labute approximate surface area is 109 Å². The molecule has 1 aliphatic rings. The Morgan fingerprint density at radius 2 is 1.76 bits per heavy atom. The van der Waals surface area contributed by atoms with E-state index >= 15 is 0 Å². The molecule has 0 heterocycles. The Hall–Kier alpha value is -0.470. The van der Waals surface area contributed by atoms with E-state index in [1.807, 2.05) is 11.8 Å². The molecular weight excluding hydrogens is 226 g/mol. The van der Waals surface area contributed by atoms with Crippen molar-refractivity contribution >= 4 is 11.8 Å². The summed E-state index contributed by atoms with van der Waals surface area (Å²) in [6, 6.07) is 8.68. The SMILES string of the molecule is Cc1ccccc1SC1(CN)CCCCCC1. The van der Waals surface area contributed by atoms with Crippen LogP contribution in [0.4, 0.5) is 0 Å². The molecule has 0 bridgehead atoms. The molecule has 1 aliphatic carbocycles. The minimum Gasteiger partial charge on any atom is -0.329 e. The summed E-state index contributed by atoms with van der Waals surface area (Å²) in [5.74, 6) is 0. The van der Waals surface area contributed by atoms with Crippen LogP contribution in [-0.4, -0.2) is 11.3 Å². The first kappa shape index (κ1) is 13.0. The second kappa shape index (κ2) is 5.92. The van der Waals surface area contributed by atoms with Crippen LogP contribution in [0.3, 0.4) is 0 Å². The van der Waals surface area contributed by atoms with Crippen molar-refractivity contribution in [3.8, 4) is 0 Å². The van der Waals surface area contributed by atoms with Crippen molar-refractivity contribution in [1.82, 2.24) is 0 Å². The number of rotatable bonds is 3. The molecule has 1 nitrogen and oxygen atoms in total. The second-order valence-corrected chi connectivity index (χ2v) is 6.68. The first-order valence-corrected chi connectivity index (χ1v) is 7.52. The molecule has 1 aromatic carbocycles. The third-order valence-electron chi connectivity index (χ3n) is 3.81. The van der Waals surface area contributed by atoms with Gasteiger partial charge in [0.25, 0.3) is 0 Å². The number of benzene rings is 1. The van der Waals surface area contributed by atoms with Crippen LogP contribution in [0.5, 0.6) is 0 Å². The Balaban J connectivity index is 2.15. The summed E-state index contributed by atoms with van der Waals surface area (Å²) < 4.78 is 0.294. The maximum atomic E-state index is 6.08. The van der Waals surface area contributed by atoms with Gasteiger partial charge in [0.2, 0.25) is 0 Å². The molecule has 1 saturated carbocycles. The van der Waals surface area contributed by atoms with Crippen molar-refractivity contribution in [1.29, 1.82) is 0 Å². The van der Waals surface area contributed by atoms with E-state index in [1.165, 1.54) is 49.0 Å². The lowest BCUT2D eigenvalue weighted by Crippen LogP contribution is -2.33. The van der Waals surface area contributed by atoms with Gasteiger partial charge in [-0.15, -0.1) is 11.8 Å². The molecule has 0 amide bonds. The van der Waals surface area contributed by atoms with E-state index in [4.69, 9.17) is 5.73 Å². The maximum Gasteiger partial charge on any atom is 0.0329 e. The van der Waals surface area contributed by atoms with Gasteiger partial charge in [-0.25, -0.2) is 0 Å². The highest BCUT2D eigenvalue weighted by Crippen LogP contribution is 2.43. The van der Waals surface area contributed by atoms with Gasteiger partial charge >= 0.3 is 0 Å². The average Bonchev–Trinajstić information content (AvgIpc) is 2.58. The van der Waals surface area contributed by atoms with Crippen molar-refractivity contribution in [2.45, 2.75) is 55.1 Å². The predicted molar refractivity (Wildman–Crippen MR) is 76.5 cm³/mol. The van der Waals surface area contributed by atoms with E-state index in [2.05, 4.69) is 31.2 Å². The topological polar surface area (TPSA) is 26.0 Å². The van der Waals surface area contributed by atoms with Gasteiger partial charge in [0.1, 0.15) is 0 Å². The molecule has 1 aromatic rings. The summed E-state index contributed by atoms with van der Waals surface area (Å²) in [6.07, 6.45) is 8.02. The molecule has 2 rings (SSSR count). The van der Waals surface area contributed by atoms with Crippen molar-refractivity contribution in [2.75, 3.05) is 6.54 Å². The Morgan fingerprint density at radius 3 is 2.35 bits per heavy atom. The van der Waals surface area contributed by atoms with Crippen LogP contribution >= 0.6 is 11.8 Å². The van der Waals surface area contributed by atoms with Gasteiger partial charge in [-0.3, -0.25) is 0 Å². The largest absolute Gasteiger partial charge is 0.329 e. The van der Waals surface area contributed by atoms with Crippen LogP contribution in [-0.2, 0) is 0 Å². The molecule has 0 saturated heterocycles. The van der Waals surface area contributed by atoms with Gasteiger partial charge in [0.15, 0.2) is 0 Å². The monoisotopic (exact) mass is 249 g/mol. The molecule has 0 aromatic heterocycles. The molecular formula is C15H23NS.